The average Bonchev–Trinajstić information content (AvgIpc) is 3.07. The third kappa shape index (κ3) is 2.79. The SMILES string of the molecule is CCCCC(CC)(C(=O)O)N(C(C)=O)C1CC1. The van der Waals surface area contributed by atoms with Gasteiger partial charge in [0, 0.05) is 13.0 Å². The van der Waals surface area contributed by atoms with Crippen molar-refractivity contribution >= 4 is 11.9 Å². The molecular formula is C13H23NO3. The predicted molar refractivity (Wildman–Crippen MR) is 65.7 cm³/mol. The van der Waals surface area contributed by atoms with Crippen LogP contribution < -0.4 is 0 Å². The number of hydrogen-bond donors (Lipinski definition) is 1. The fourth-order valence-corrected chi connectivity index (χ4v) is 2.54. The molecule has 0 aromatic heterocycles. The molecule has 1 amide bonds. The molecule has 1 N–H and O–H groups in total. The molecule has 98 valence electrons. The molecule has 1 rings (SSSR count). The van der Waals surface area contributed by atoms with Crippen LogP contribution in [0.25, 0.3) is 0 Å². The first-order valence-electron chi connectivity index (χ1n) is 6.53. The molecule has 4 heteroatoms. The Bertz CT molecular complexity index is 299. The lowest BCUT2D eigenvalue weighted by molar-refractivity contribution is -0.160. The van der Waals surface area contributed by atoms with Gasteiger partial charge in [-0.25, -0.2) is 4.79 Å². The lowest BCUT2D eigenvalue weighted by Gasteiger charge is -2.40. The van der Waals surface area contributed by atoms with E-state index in [-0.39, 0.29) is 11.9 Å². The van der Waals surface area contributed by atoms with Gasteiger partial charge in [0.1, 0.15) is 5.54 Å². The van der Waals surface area contributed by atoms with Crippen LogP contribution in [0.2, 0.25) is 0 Å². The molecule has 1 unspecified atom stereocenters. The lowest BCUT2D eigenvalue weighted by atomic mass is 9.87. The van der Waals surface area contributed by atoms with Gasteiger partial charge in [-0.2, -0.15) is 0 Å². The Hall–Kier alpha value is -1.06. The molecule has 1 atom stereocenters. The normalized spacial score (nSPS) is 18.5. The third-order valence-corrected chi connectivity index (χ3v) is 3.64. The number of unbranched alkanes of at least 4 members (excludes halogenated alkanes) is 1. The summed E-state index contributed by atoms with van der Waals surface area (Å²) >= 11 is 0. The molecule has 0 aromatic carbocycles. The molecule has 0 bridgehead atoms. The van der Waals surface area contributed by atoms with E-state index < -0.39 is 11.5 Å². The number of carbonyl (C=O) groups excluding carboxylic acids is 1. The fraction of sp³-hybridized carbons (Fsp3) is 0.846. The molecule has 0 aromatic rings. The summed E-state index contributed by atoms with van der Waals surface area (Å²) in [7, 11) is 0. The zero-order chi connectivity index (χ0) is 13.1. The second-order valence-electron chi connectivity index (χ2n) is 4.91. The molecule has 4 nitrogen and oxygen atoms in total. The van der Waals surface area contributed by atoms with E-state index in [1.165, 1.54) is 6.92 Å². The highest BCUT2D eigenvalue weighted by Crippen LogP contribution is 2.37. The first kappa shape index (κ1) is 14.0. The van der Waals surface area contributed by atoms with Crippen molar-refractivity contribution in [3.8, 4) is 0 Å². The summed E-state index contributed by atoms with van der Waals surface area (Å²) in [5, 5.41) is 9.55. The topological polar surface area (TPSA) is 57.6 Å². The van der Waals surface area contributed by atoms with Gasteiger partial charge in [0.25, 0.3) is 0 Å². The Kier molecular flexibility index (Phi) is 4.54. The van der Waals surface area contributed by atoms with Crippen LogP contribution in [0.1, 0.15) is 59.3 Å². The van der Waals surface area contributed by atoms with E-state index in [1.54, 1.807) is 4.90 Å². The van der Waals surface area contributed by atoms with Crippen molar-refractivity contribution in [3.63, 3.8) is 0 Å². The van der Waals surface area contributed by atoms with Crippen molar-refractivity contribution in [3.05, 3.63) is 0 Å². The number of carboxylic acid groups (broad SMARTS) is 1. The minimum atomic E-state index is -0.983. The predicted octanol–water partition coefficient (Wildman–Crippen LogP) is 2.42. The van der Waals surface area contributed by atoms with Gasteiger partial charge in [-0.05, 0) is 25.7 Å². The van der Waals surface area contributed by atoms with Crippen LogP contribution >= 0.6 is 0 Å². The number of carbonyl (C=O) groups is 2. The van der Waals surface area contributed by atoms with E-state index in [1.807, 2.05) is 13.8 Å². The van der Waals surface area contributed by atoms with Gasteiger partial charge in [0.15, 0.2) is 0 Å². The highest BCUT2D eigenvalue weighted by atomic mass is 16.4. The zero-order valence-electron chi connectivity index (χ0n) is 11.0. The molecule has 17 heavy (non-hydrogen) atoms. The third-order valence-electron chi connectivity index (χ3n) is 3.64. The Balaban J connectivity index is 2.99. The number of aliphatic carboxylic acids is 1. The zero-order valence-corrected chi connectivity index (χ0v) is 11.0. The molecule has 1 saturated carbocycles. The van der Waals surface area contributed by atoms with E-state index in [0.29, 0.717) is 12.8 Å². The van der Waals surface area contributed by atoms with Crippen LogP contribution in [0, 0.1) is 0 Å². The quantitative estimate of drug-likeness (QED) is 0.744. The fourth-order valence-electron chi connectivity index (χ4n) is 2.54. The molecule has 1 fully saturated rings. The van der Waals surface area contributed by atoms with Crippen LogP contribution in [0.3, 0.4) is 0 Å². The maximum atomic E-state index is 11.8. The number of hydrogen-bond acceptors (Lipinski definition) is 2. The second kappa shape index (κ2) is 5.52. The van der Waals surface area contributed by atoms with E-state index in [9.17, 15) is 14.7 Å². The molecule has 1 aliphatic carbocycles. The van der Waals surface area contributed by atoms with Crippen LogP contribution in [0.5, 0.6) is 0 Å². The summed E-state index contributed by atoms with van der Waals surface area (Å²) in [4.78, 5) is 25.0. The Morgan fingerprint density at radius 2 is 1.94 bits per heavy atom. The van der Waals surface area contributed by atoms with Crippen LogP contribution in [-0.2, 0) is 9.59 Å². The summed E-state index contributed by atoms with van der Waals surface area (Å²) in [5.41, 5.74) is -0.983. The highest BCUT2D eigenvalue weighted by molar-refractivity contribution is 5.86. The van der Waals surface area contributed by atoms with Crippen LogP contribution in [0.15, 0.2) is 0 Å². The Morgan fingerprint density at radius 1 is 1.35 bits per heavy atom. The van der Waals surface area contributed by atoms with Gasteiger partial charge >= 0.3 is 5.97 Å². The molecule has 0 radical (unpaired) electrons. The minimum absolute atomic E-state index is 0.104. The Labute approximate surface area is 103 Å². The summed E-state index contributed by atoms with van der Waals surface area (Å²) in [6, 6.07) is 0.153. The van der Waals surface area contributed by atoms with Crippen LogP contribution in [-0.4, -0.2) is 33.5 Å². The second-order valence-corrected chi connectivity index (χ2v) is 4.91. The molecular weight excluding hydrogens is 218 g/mol. The van der Waals surface area contributed by atoms with Gasteiger partial charge in [0.2, 0.25) is 5.91 Å². The van der Waals surface area contributed by atoms with E-state index >= 15 is 0 Å². The molecule has 1 aliphatic rings. The van der Waals surface area contributed by atoms with Crippen molar-refractivity contribution in [2.24, 2.45) is 0 Å². The first-order chi connectivity index (χ1) is 7.99. The lowest BCUT2D eigenvalue weighted by Crippen LogP contribution is -2.57. The molecule has 0 spiro atoms. The summed E-state index contributed by atoms with van der Waals surface area (Å²) in [6.07, 6.45) is 4.73. The molecule has 0 heterocycles. The smallest absolute Gasteiger partial charge is 0.329 e. The number of rotatable bonds is 7. The van der Waals surface area contributed by atoms with Crippen molar-refractivity contribution < 1.29 is 14.7 Å². The first-order valence-corrected chi connectivity index (χ1v) is 6.53. The van der Waals surface area contributed by atoms with Gasteiger partial charge < -0.3 is 10.0 Å². The van der Waals surface area contributed by atoms with Crippen molar-refractivity contribution in [1.82, 2.24) is 4.90 Å². The minimum Gasteiger partial charge on any atom is -0.479 e. The molecule has 0 aliphatic heterocycles. The number of carboxylic acids is 1. The van der Waals surface area contributed by atoms with E-state index in [2.05, 4.69) is 0 Å². The Morgan fingerprint density at radius 3 is 2.24 bits per heavy atom. The standard InChI is InChI=1S/C13H23NO3/c1-4-6-9-13(5-2,12(16)17)14(10(3)15)11-7-8-11/h11H,4-9H2,1-3H3,(H,16,17). The van der Waals surface area contributed by atoms with Gasteiger partial charge in [-0.15, -0.1) is 0 Å². The largest absolute Gasteiger partial charge is 0.479 e. The van der Waals surface area contributed by atoms with Gasteiger partial charge in [-0.3, -0.25) is 4.79 Å². The van der Waals surface area contributed by atoms with E-state index in [0.717, 1.165) is 25.7 Å². The van der Waals surface area contributed by atoms with E-state index in [4.69, 9.17) is 0 Å². The highest BCUT2D eigenvalue weighted by Gasteiger charge is 2.49. The summed E-state index contributed by atoms with van der Waals surface area (Å²) < 4.78 is 0. The molecule has 0 saturated heterocycles. The maximum Gasteiger partial charge on any atom is 0.329 e. The van der Waals surface area contributed by atoms with Crippen molar-refractivity contribution in [1.29, 1.82) is 0 Å². The van der Waals surface area contributed by atoms with Gasteiger partial charge in [0.05, 0.1) is 0 Å². The summed E-state index contributed by atoms with van der Waals surface area (Å²) in [6.45, 7) is 5.39. The monoisotopic (exact) mass is 241 g/mol. The maximum absolute atomic E-state index is 11.8. The van der Waals surface area contributed by atoms with Crippen molar-refractivity contribution in [2.45, 2.75) is 70.9 Å². The van der Waals surface area contributed by atoms with Gasteiger partial charge in [-0.1, -0.05) is 26.7 Å². The van der Waals surface area contributed by atoms with Crippen LogP contribution in [0.4, 0.5) is 0 Å². The van der Waals surface area contributed by atoms with Crippen molar-refractivity contribution in [2.75, 3.05) is 0 Å². The summed E-state index contributed by atoms with van der Waals surface area (Å²) in [5.74, 6) is -0.955. The average molecular weight is 241 g/mol. The number of amides is 1. The number of nitrogens with zero attached hydrogens (tertiary/aromatic N) is 1.